The Kier molecular flexibility index (Phi) is 5.86. The fourth-order valence-electron chi connectivity index (χ4n) is 2.43. The largest absolute Gasteiger partial charge is 0.494 e. The van der Waals surface area contributed by atoms with E-state index in [0.717, 1.165) is 10.2 Å². The highest BCUT2D eigenvalue weighted by Gasteiger charge is 2.32. The molecule has 1 fully saturated rings. The Labute approximate surface area is 139 Å². The third-order valence-corrected chi connectivity index (χ3v) is 5.99. The van der Waals surface area contributed by atoms with Crippen LogP contribution in [0.1, 0.15) is 19.3 Å². The summed E-state index contributed by atoms with van der Waals surface area (Å²) < 4.78 is 29.4. The molecule has 1 aliphatic heterocycles. The molecule has 1 aliphatic rings. The summed E-state index contributed by atoms with van der Waals surface area (Å²) in [5.41, 5.74) is 0. The Hall–Kier alpha value is -1.08. The summed E-state index contributed by atoms with van der Waals surface area (Å²) in [7, 11) is -1.28. The minimum atomic E-state index is -2.96. The van der Waals surface area contributed by atoms with Crippen molar-refractivity contribution in [1.29, 1.82) is 0 Å². The van der Waals surface area contributed by atoms with Gasteiger partial charge >= 0.3 is 0 Å². The second-order valence-corrected chi connectivity index (χ2v) is 8.62. The van der Waals surface area contributed by atoms with E-state index in [2.05, 4.69) is 15.9 Å². The Bertz CT molecular complexity index is 632. The fourth-order valence-corrected chi connectivity index (χ4v) is 4.58. The van der Waals surface area contributed by atoms with E-state index in [0.29, 0.717) is 25.9 Å². The van der Waals surface area contributed by atoms with Crippen molar-refractivity contribution < 1.29 is 17.9 Å². The maximum Gasteiger partial charge on any atom is 0.222 e. The van der Waals surface area contributed by atoms with E-state index >= 15 is 0 Å². The van der Waals surface area contributed by atoms with Crippen LogP contribution in [0.25, 0.3) is 0 Å². The van der Waals surface area contributed by atoms with E-state index in [1.807, 2.05) is 24.3 Å². The summed E-state index contributed by atoms with van der Waals surface area (Å²) in [6, 6.07) is 7.36. The second kappa shape index (κ2) is 7.46. The van der Waals surface area contributed by atoms with Gasteiger partial charge in [0.1, 0.15) is 5.75 Å². The van der Waals surface area contributed by atoms with E-state index in [1.54, 1.807) is 11.9 Å². The molecule has 0 saturated carbocycles. The van der Waals surface area contributed by atoms with Gasteiger partial charge in [0.05, 0.1) is 18.1 Å². The number of halogens is 1. The predicted molar refractivity (Wildman–Crippen MR) is 88.7 cm³/mol. The molecule has 1 aromatic carbocycles. The van der Waals surface area contributed by atoms with E-state index < -0.39 is 9.84 Å². The molecule has 122 valence electrons. The zero-order valence-electron chi connectivity index (χ0n) is 12.5. The molecular formula is C15H20BrNO4S. The minimum Gasteiger partial charge on any atom is -0.494 e. The van der Waals surface area contributed by atoms with Crippen LogP contribution in [0.5, 0.6) is 5.75 Å². The standard InChI is InChI=1S/C15H20BrNO4S/c1-17(13-7-9-22(19,20)11-13)15(18)6-3-8-21-14-5-2-4-12(16)10-14/h2,4-5,10,13H,3,6-9,11H2,1H3. The summed E-state index contributed by atoms with van der Waals surface area (Å²) in [4.78, 5) is 13.6. The van der Waals surface area contributed by atoms with Crippen LogP contribution in [-0.4, -0.2) is 50.4 Å². The van der Waals surface area contributed by atoms with Gasteiger partial charge in [-0.05, 0) is 31.0 Å². The monoisotopic (exact) mass is 389 g/mol. The van der Waals surface area contributed by atoms with Crippen molar-refractivity contribution in [2.24, 2.45) is 0 Å². The molecule has 0 aromatic heterocycles. The summed E-state index contributed by atoms with van der Waals surface area (Å²) in [5.74, 6) is 1.00. The number of hydrogen-bond donors (Lipinski definition) is 0. The molecule has 5 nitrogen and oxygen atoms in total. The van der Waals surface area contributed by atoms with Gasteiger partial charge in [0.25, 0.3) is 0 Å². The van der Waals surface area contributed by atoms with Crippen LogP contribution in [0.4, 0.5) is 0 Å². The van der Waals surface area contributed by atoms with Crippen LogP contribution in [-0.2, 0) is 14.6 Å². The highest BCUT2D eigenvalue weighted by atomic mass is 79.9. The Morgan fingerprint density at radius 3 is 2.86 bits per heavy atom. The van der Waals surface area contributed by atoms with Crippen LogP contribution < -0.4 is 4.74 Å². The van der Waals surface area contributed by atoms with E-state index in [9.17, 15) is 13.2 Å². The van der Waals surface area contributed by atoms with Crippen LogP contribution in [0.15, 0.2) is 28.7 Å². The summed E-state index contributed by atoms with van der Waals surface area (Å²) in [6.07, 6.45) is 1.51. The van der Waals surface area contributed by atoms with Gasteiger partial charge in [-0.3, -0.25) is 4.79 Å². The number of sulfone groups is 1. The molecule has 2 rings (SSSR count). The molecule has 0 N–H and O–H groups in total. The molecule has 1 unspecified atom stereocenters. The van der Waals surface area contributed by atoms with E-state index in [-0.39, 0.29) is 23.5 Å². The summed E-state index contributed by atoms with van der Waals surface area (Å²) >= 11 is 3.37. The average Bonchev–Trinajstić information content (AvgIpc) is 2.83. The number of rotatable bonds is 6. The molecule has 1 heterocycles. The Balaban J connectivity index is 1.71. The lowest BCUT2D eigenvalue weighted by atomic mass is 10.2. The normalized spacial score (nSPS) is 19.8. The van der Waals surface area contributed by atoms with Crippen molar-refractivity contribution in [3.63, 3.8) is 0 Å². The van der Waals surface area contributed by atoms with Gasteiger partial charge in [-0.1, -0.05) is 22.0 Å². The van der Waals surface area contributed by atoms with Crippen LogP contribution in [0.2, 0.25) is 0 Å². The second-order valence-electron chi connectivity index (χ2n) is 5.47. The Morgan fingerprint density at radius 1 is 1.45 bits per heavy atom. The van der Waals surface area contributed by atoms with E-state index in [1.165, 1.54) is 0 Å². The number of amides is 1. The smallest absolute Gasteiger partial charge is 0.222 e. The molecule has 22 heavy (non-hydrogen) atoms. The molecule has 1 aromatic rings. The molecule has 0 radical (unpaired) electrons. The third-order valence-electron chi connectivity index (χ3n) is 3.75. The van der Waals surface area contributed by atoms with Gasteiger partial charge in [0.15, 0.2) is 9.84 Å². The maximum absolute atomic E-state index is 12.1. The lowest BCUT2D eigenvalue weighted by Crippen LogP contribution is -2.37. The van der Waals surface area contributed by atoms with Crippen molar-refractivity contribution in [2.45, 2.75) is 25.3 Å². The fraction of sp³-hybridized carbons (Fsp3) is 0.533. The number of nitrogens with zero attached hydrogens (tertiary/aromatic N) is 1. The number of carbonyl (C=O) groups is 1. The van der Waals surface area contributed by atoms with Crippen molar-refractivity contribution >= 4 is 31.7 Å². The first-order valence-electron chi connectivity index (χ1n) is 7.22. The SMILES string of the molecule is CN(C(=O)CCCOc1cccc(Br)c1)C1CCS(=O)(=O)C1. The first kappa shape index (κ1) is 17.3. The molecule has 1 atom stereocenters. The summed E-state index contributed by atoms with van der Waals surface area (Å²) in [5, 5.41) is 0. The van der Waals surface area contributed by atoms with Gasteiger partial charge < -0.3 is 9.64 Å². The van der Waals surface area contributed by atoms with Crippen LogP contribution in [0.3, 0.4) is 0 Å². The number of ether oxygens (including phenoxy) is 1. The van der Waals surface area contributed by atoms with Crippen molar-refractivity contribution in [3.05, 3.63) is 28.7 Å². The van der Waals surface area contributed by atoms with Gasteiger partial charge in [-0.2, -0.15) is 0 Å². The lowest BCUT2D eigenvalue weighted by molar-refractivity contribution is -0.131. The molecular weight excluding hydrogens is 370 g/mol. The molecule has 0 spiro atoms. The molecule has 1 amide bonds. The van der Waals surface area contributed by atoms with Gasteiger partial charge in [-0.15, -0.1) is 0 Å². The Morgan fingerprint density at radius 2 is 2.23 bits per heavy atom. The zero-order valence-corrected chi connectivity index (χ0v) is 14.9. The number of benzene rings is 1. The van der Waals surface area contributed by atoms with Crippen LogP contribution >= 0.6 is 15.9 Å². The third kappa shape index (κ3) is 4.98. The average molecular weight is 390 g/mol. The number of carbonyl (C=O) groups excluding carboxylic acids is 1. The first-order valence-corrected chi connectivity index (χ1v) is 9.83. The number of hydrogen-bond acceptors (Lipinski definition) is 4. The van der Waals surface area contributed by atoms with Gasteiger partial charge in [0, 0.05) is 24.0 Å². The first-order chi connectivity index (χ1) is 10.4. The van der Waals surface area contributed by atoms with Gasteiger partial charge in [-0.25, -0.2) is 8.42 Å². The van der Waals surface area contributed by atoms with Crippen molar-refractivity contribution in [1.82, 2.24) is 4.90 Å². The molecule has 0 bridgehead atoms. The summed E-state index contributed by atoms with van der Waals surface area (Å²) in [6.45, 7) is 0.457. The highest BCUT2D eigenvalue weighted by molar-refractivity contribution is 9.10. The quantitative estimate of drug-likeness (QED) is 0.699. The van der Waals surface area contributed by atoms with Crippen molar-refractivity contribution in [3.8, 4) is 5.75 Å². The van der Waals surface area contributed by atoms with Gasteiger partial charge in [0.2, 0.25) is 5.91 Å². The molecule has 7 heteroatoms. The predicted octanol–water partition coefficient (Wildman–Crippen LogP) is 2.25. The van der Waals surface area contributed by atoms with Crippen LogP contribution in [0, 0.1) is 0 Å². The topological polar surface area (TPSA) is 63.7 Å². The lowest BCUT2D eigenvalue weighted by Gasteiger charge is -2.23. The molecule has 1 saturated heterocycles. The van der Waals surface area contributed by atoms with E-state index in [4.69, 9.17) is 4.74 Å². The van der Waals surface area contributed by atoms with Crippen molar-refractivity contribution in [2.75, 3.05) is 25.2 Å². The molecule has 0 aliphatic carbocycles. The highest BCUT2D eigenvalue weighted by Crippen LogP contribution is 2.19. The minimum absolute atomic E-state index is 0.0278. The maximum atomic E-state index is 12.1. The zero-order chi connectivity index (χ0) is 16.2.